The molecular formula is C18H18N2O4S. The molecule has 3 rings (SSSR count). The van der Waals surface area contributed by atoms with Gasteiger partial charge in [0.1, 0.15) is 10.4 Å². The third kappa shape index (κ3) is 3.02. The predicted molar refractivity (Wildman–Crippen MR) is 96.0 cm³/mol. The van der Waals surface area contributed by atoms with Crippen LogP contribution in [-0.2, 0) is 14.3 Å². The van der Waals surface area contributed by atoms with Crippen LogP contribution in [-0.4, -0.2) is 29.9 Å². The molecule has 0 aliphatic carbocycles. The Balaban J connectivity index is 1.82. The highest BCUT2D eigenvalue weighted by Crippen LogP contribution is 2.36. The average Bonchev–Trinajstić information content (AvgIpc) is 2.99. The largest absolute Gasteiger partial charge is 0.451 e. The fourth-order valence-electron chi connectivity index (χ4n) is 2.74. The highest BCUT2D eigenvalue weighted by Gasteiger charge is 2.43. The summed E-state index contributed by atoms with van der Waals surface area (Å²) in [6.45, 7) is 4.69. The molecular weight excluding hydrogens is 340 g/mol. The van der Waals surface area contributed by atoms with Crippen LogP contribution in [0.4, 0.5) is 11.4 Å². The van der Waals surface area contributed by atoms with Crippen LogP contribution in [0.25, 0.3) is 0 Å². The first-order valence-corrected chi connectivity index (χ1v) is 8.65. The summed E-state index contributed by atoms with van der Waals surface area (Å²) in [5.41, 5.74) is 0.864. The van der Waals surface area contributed by atoms with Gasteiger partial charge in [-0.15, -0.1) is 11.3 Å². The van der Waals surface area contributed by atoms with Gasteiger partial charge in [0.25, 0.3) is 5.91 Å². The smallest absolute Gasteiger partial charge is 0.349 e. The zero-order valence-electron chi connectivity index (χ0n) is 14.2. The minimum Gasteiger partial charge on any atom is -0.451 e. The molecule has 6 nitrogen and oxygen atoms in total. The molecule has 0 fully saturated rings. The molecule has 0 spiro atoms. The molecule has 130 valence electrons. The quantitative estimate of drug-likeness (QED) is 0.856. The summed E-state index contributed by atoms with van der Waals surface area (Å²) in [5.74, 6) is -1.27. The molecule has 1 aromatic heterocycles. The zero-order valence-corrected chi connectivity index (χ0v) is 15.0. The van der Waals surface area contributed by atoms with Crippen molar-refractivity contribution < 1.29 is 19.1 Å². The molecule has 25 heavy (non-hydrogen) atoms. The number of carbonyl (C=O) groups excluding carboxylic acids is 3. The van der Waals surface area contributed by atoms with E-state index >= 15 is 0 Å². The summed E-state index contributed by atoms with van der Waals surface area (Å²) in [6, 6.07) is 8.86. The fourth-order valence-corrected chi connectivity index (χ4v) is 3.55. The van der Waals surface area contributed by atoms with Crippen molar-refractivity contribution in [3.05, 3.63) is 46.2 Å². The van der Waals surface area contributed by atoms with Gasteiger partial charge in [0.15, 0.2) is 6.61 Å². The SMILES string of the molecule is Cc1ccsc1C(=O)OCC(=O)N1c2ccccc2NC(=O)C1(C)C. The summed E-state index contributed by atoms with van der Waals surface area (Å²) >= 11 is 1.27. The number of esters is 1. The van der Waals surface area contributed by atoms with Crippen molar-refractivity contribution in [2.24, 2.45) is 0 Å². The Labute approximate surface area is 149 Å². The number of hydrogen-bond acceptors (Lipinski definition) is 5. The summed E-state index contributed by atoms with van der Waals surface area (Å²) < 4.78 is 5.17. The lowest BCUT2D eigenvalue weighted by atomic mass is 9.96. The number of para-hydroxylation sites is 2. The highest BCUT2D eigenvalue weighted by atomic mass is 32.1. The van der Waals surface area contributed by atoms with Crippen LogP contribution in [0.1, 0.15) is 29.1 Å². The summed E-state index contributed by atoms with van der Waals surface area (Å²) in [4.78, 5) is 39.1. The number of ether oxygens (including phenoxy) is 1. The lowest BCUT2D eigenvalue weighted by molar-refractivity contribution is -0.128. The molecule has 2 heterocycles. The topological polar surface area (TPSA) is 75.7 Å². The molecule has 1 aromatic carbocycles. The van der Waals surface area contributed by atoms with Crippen LogP contribution in [0, 0.1) is 6.92 Å². The van der Waals surface area contributed by atoms with Crippen molar-refractivity contribution in [2.75, 3.05) is 16.8 Å². The van der Waals surface area contributed by atoms with Crippen molar-refractivity contribution in [3.8, 4) is 0 Å². The predicted octanol–water partition coefficient (Wildman–Crippen LogP) is 2.98. The van der Waals surface area contributed by atoms with E-state index in [0.29, 0.717) is 16.3 Å². The first-order chi connectivity index (χ1) is 11.8. The first kappa shape index (κ1) is 17.2. The second-order valence-corrected chi connectivity index (χ2v) is 7.18. The number of nitrogens with zero attached hydrogens (tertiary/aromatic N) is 1. The number of nitrogens with one attached hydrogen (secondary N) is 1. The number of benzene rings is 1. The van der Waals surface area contributed by atoms with Crippen LogP contribution in [0.2, 0.25) is 0 Å². The number of amides is 2. The number of thiophene rings is 1. The second kappa shape index (κ2) is 6.33. The van der Waals surface area contributed by atoms with Crippen molar-refractivity contribution in [2.45, 2.75) is 26.3 Å². The Morgan fingerprint density at radius 3 is 2.64 bits per heavy atom. The summed E-state index contributed by atoms with van der Waals surface area (Å²) in [6.07, 6.45) is 0. The molecule has 1 aliphatic heterocycles. The minimum absolute atomic E-state index is 0.292. The van der Waals surface area contributed by atoms with Gasteiger partial charge < -0.3 is 10.1 Å². The minimum atomic E-state index is -1.09. The highest BCUT2D eigenvalue weighted by molar-refractivity contribution is 7.12. The number of hydrogen-bond donors (Lipinski definition) is 1. The first-order valence-electron chi connectivity index (χ1n) is 7.77. The molecule has 0 saturated carbocycles. The Bertz CT molecular complexity index is 856. The van der Waals surface area contributed by atoms with E-state index in [1.807, 2.05) is 13.0 Å². The van der Waals surface area contributed by atoms with Crippen molar-refractivity contribution in [1.29, 1.82) is 0 Å². The van der Waals surface area contributed by atoms with E-state index in [4.69, 9.17) is 4.74 Å². The van der Waals surface area contributed by atoms with E-state index in [1.165, 1.54) is 16.2 Å². The number of anilines is 2. The normalized spacial score (nSPS) is 15.3. The Hall–Kier alpha value is -2.67. The maximum Gasteiger partial charge on any atom is 0.349 e. The second-order valence-electron chi connectivity index (χ2n) is 6.27. The molecule has 0 radical (unpaired) electrons. The van der Waals surface area contributed by atoms with Gasteiger partial charge in [-0.25, -0.2) is 4.79 Å². The van der Waals surface area contributed by atoms with Gasteiger partial charge in [0.2, 0.25) is 5.91 Å². The molecule has 2 aromatic rings. The van der Waals surface area contributed by atoms with Crippen molar-refractivity contribution >= 4 is 40.5 Å². The lowest BCUT2D eigenvalue weighted by Gasteiger charge is -2.41. The number of rotatable bonds is 3. The molecule has 0 atom stereocenters. The molecule has 1 aliphatic rings. The van der Waals surface area contributed by atoms with Crippen molar-refractivity contribution in [3.63, 3.8) is 0 Å². The number of fused-ring (bicyclic) bond motifs is 1. The Kier molecular flexibility index (Phi) is 4.34. The van der Waals surface area contributed by atoms with Gasteiger partial charge >= 0.3 is 5.97 Å². The van der Waals surface area contributed by atoms with E-state index in [9.17, 15) is 14.4 Å². The van der Waals surface area contributed by atoms with E-state index in [1.54, 1.807) is 43.5 Å². The molecule has 0 saturated heterocycles. The van der Waals surface area contributed by atoms with Gasteiger partial charge in [-0.2, -0.15) is 0 Å². The molecule has 0 unspecified atom stereocenters. The summed E-state index contributed by atoms with van der Waals surface area (Å²) in [5, 5.41) is 4.58. The van der Waals surface area contributed by atoms with Crippen LogP contribution in [0.15, 0.2) is 35.7 Å². The van der Waals surface area contributed by atoms with Gasteiger partial charge in [-0.3, -0.25) is 14.5 Å². The molecule has 1 N–H and O–H groups in total. The van der Waals surface area contributed by atoms with Crippen LogP contribution < -0.4 is 10.2 Å². The Morgan fingerprint density at radius 1 is 1.24 bits per heavy atom. The van der Waals surface area contributed by atoms with Gasteiger partial charge in [0.05, 0.1) is 11.4 Å². The maximum absolute atomic E-state index is 12.8. The Morgan fingerprint density at radius 2 is 1.96 bits per heavy atom. The van der Waals surface area contributed by atoms with Gasteiger partial charge in [0, 0.05) is 0 Å². The van der Waals surface area contributed by atoms with Crippen molar-refractivity contribution in [1.82, 2.24) is 0 Å². The van der Waals surface area contributed by atoms with Gasteiger partial charge in [-0.1, -0.05) is 12.1 Å². The maximum atomic E-state index is 12.8. The van der Waals surface area contributed by atoms with E-state index in [-0.39, 0.29) is 5.91 Å². The average molecular weight is 358 g/mol. The standard InChI is InChI=1S/C18H18N2O4S/c1-11-8-9-25-15(11)16(22)24-10-14(21)20-13-7-5-4-6-12(13)19-17(23)18(20,2)3/h4-9H,10H2,1-3H3,(H,19,23). The van der Waals surface area contributed by atoms with Crippen LogP contribution in [0.5, 0.6) is 0 Å². The van der Waals surface area contributed by atoms with Crippen LogP contribution in [0.3, 0.4) is 0 Å². The monoisotopic (exact) mass is 358 g/mol. The van der Waals surface area contributed by atoms with E-state index in [0.717, 1.165) is 5.56 Å². The van der Waals surface area contributed by atoms with E-state index in [2.05, 4.69) is 5.32 Å². The lowest BCUT2D eigenvalue weighted by Crippen LogP contribution is -2.59. The fraction of sp³-hybridized carbons (Fsp3) is 0.278. The third-order valence-electron chi connectivity index (χ3n) is 4.13. The molecule has 2 amide bonds. The molecule has 0 bridgehead atoms. The summed E-state index contributed by atoms with van der Waals surface area (Å²) in [7, 11) is 0. The molecule has 7 heteroatoms. The van der Waals surface area contributed by atoms with E-state index < -0.39 is 24.0 Å². The zero-order chi connectivity index (χ0) is 18.2. The third-order valence-corrected chi connectivity index (χ3v) is 5.13. The number of carbonyl (C=O) groups is 3. The van der Waals surface area contributed by atoms with Crippen LogP contribution >= 0.6 is 11.3 Å². The number of aryl methyl sites for hydroxylation is 1. The van der Waals surface area contributed by atoms with Gasteiger partial charge in [-0.05, 0) is 49.9 Å².